The Morgan fingerprint density at radius 2 is 1.78 bits per heavy atom. The Hall–Kier alpha value is -4.10. The van der Waals surface area contributed by atoms with Gasteiger partial charge in [-0.15, -0.1) is 0 Å². The minimum Gasteiger partial charge on any atom is -0.487 e. The maximum Gasteiger partial charge on any atom is 0.338 e. The molecule has 1 amide bonds. The van der Waals surface area contributed by atoms with E-state index in [1.807, 2.05) is 57.2 Å². The van der Waals surface area contributed by atoms with Gasteiger partial charge in [0, 0.05) is 5.56 Å². The quantitative estimate of drug-likeness (QED) is 0.284. The molecule has 4 rings (SSSR count). The molecule has 0 radical (unpaired) electrons. The second-order valence-corrected chi connectivity index (χ2v) is 9.14. The molecule has 37 heavy (non-hydrogen) atoms. The lowest BCUT2D eigenvalue weighted by Crippen LogP contribution is -2.14. The molecule has 0 bridgehead atoms. The van der Waals surface area contributed by atoms with Crippen molar-refractivity contribution in [2.45, 2.75) is 33.9 Å². The summed E-state index contributed by atoms with van der Waals surface area (Å²) in [4.78, 5) is 25.3. The van der Waals surface area contributed by atoms with Crippen LogP contribution < -0.4 is 10.1 Å². The highest BCUT2D eigenvalue weighted by molar-refractivity contribution is 6.32. The van der Waals surface area contributed by atoms with E-state index in [4.69, 9.17) is 21.1 Å². The molecule has 1 N–H and O–H groups in total. The van der Waals surface area contributed by atoms with E-state index in [-0.39, 0.29) is 12.5 Å². The lowest BCUT2D eigenvalue weighted by atomic mass is 10.1. The fraction of sp³-hybridized carbons (Fsp3) is 0.207. The Labute approximate surface area is 221 Å². The number of aryl methyl sites for hydroxylation is 2. The molecule has 0 aliphatic heterocycles. The van der Waals surface area contributed by atoms with Crippen LogP contribution in [0.1, 0.15) is 48.8 Å². The topological polar surface area (TPSA) is 82.5 Å². The van der Waals surface area contributed by atoms with E-state index >= 15 is 0 Å². The lowest BCUT2D eigenvalue weighted by molar-refractivity contribution is 0.0599. The van der Waals surface area contributed by atoms with Gasteiger partial charge in [-0.2, -0.15) is 5.10 Å². The number of ether oxygens (including phenoxy) is 2. The predicted octanol–water partition coefficient (Wildman–Crippen LogP) is 6.13. The molecule has 0 saturated carbocycles. The fourth-order valence-electron chi connectivity index (χ4n) is 4.03. The Kier molecular flexibility index (Phi) is 7.94. The summed E-state index contributed by atoms with van der Waals surface area (Å²) in [6, 6.07) is 20.1. The van der Waals surface area contributed by atoms with Crippen LogP contribution in [-0.2, 0) is 17.9 Å². The number of esters is 1. The number of carbonyl (C=O) groups excluding carboxylic acids is 2. The zero-order chi connectivity index (χ0) is 26.5. The van der Waals surface area contributed by atoms with Gasteiger partial charge < -0.3 is 14.8 Å². The molecule has 0 unspecified atom stereocenters. The molecule has 0 fully saturated rings. The Morgan fingerprint density at radius 3 is 2.57 bits per heavy atom. The molecule has 4 aromatic rings. The molecule has 0 saturated heterocycles. The van der Waals surface area contributed by atoms with E-state index < -0.39 is 5.97 Å². The van der Waals surface area contributed by atoms with Crippen LogP contribution in [0.15, 0.2) is 66.7 Å². The fourth-order valence-corrected chi connectivity index (χ4v) is 4.20. The van der Waals surface area contributed by atoms with Gasteiger partial charge in [0.25, 0.3) is 5.91 Å². The SMILES string of the molecule is COC(=O)c1ccccc1Cn1nc(C)c(NC(=O)c2cccc(COc3cc(C)ccc3Cl)c2)c1C. The molecular weight excluding hydrogens is 490 g/mol. The van der Waals surface area contributed by atoms with Crippen molar-refractivity contribution in [1.82, 2.24) is 9.78 Å². The van der Waals surface area contributed by atoms with Gasteiger partial charge >= 0.3 is 5.97 Å². The summed E-state index contributed by atoms with van der Waals surface area (Å²) in [6.07, 6.45) is 0. The van der Waals surface area contributed by atoms with Crippen LogP contribution in [0.3, 0.4) is 0 Å². The maximum absolute atomic E-state index is 13.1. The molecule has 1 heterocycles. The molecule has 0 atom stereocenters. The van der Waals surface area contributed by atoms with Crippen LogP contribution in [0.25, 0.3) is 0 Å². The first-order chi connectivity index (χ1) is 17.8. The molecule has 3 aromatic carbocycles. The van der Waals surface area contributed by atoms with Gasteiger partial charge in [0.15, 0.2) is 0 Å². The normalized spacial score (nSPS) is 10.7. The highest BCUT2D eigenvalue weighted by Gasteiger charge is 2.18. The Bertz CT molecular complexity index is 1460. The van der Waals surface area contributed by atoms with Crippen molar-refractivity contribution in [2.75, 3.05) is 12.4 Å². The van der Waals surface area contributed by atoms with Crippen LogP contribution in [0.4, 0.5) is 5.69 Å². The molecule has 1 aromatic heterocycles. The number of hydrogen-bond acceptors (Lipinski definition) is 5. The second-order valence-electron chi connectivity index (χ2n) is 8.73. The zero-order valence-electron chi connectivity index (χ0n) is 21.2. The summed E-state index contributed by atoms with van der Waals surface area (Å²) in [5.74, 6) is -0.0562. The number of carbonyl (C=O) groups is 2. The number of methoxy groups -OCH3 is 1. The van der Waals surface area contributed by atoms with Crippen LogP contribution in [0.5, 0.6) is 5.75 Å². The summed E-state index contributed by atoms with van der Waals surface area (Å²) in [5.41, 5.74) is 5.73. The number of amides is 1. The number of aromatic nitrogens is 2. The van der Waals surface area contributed by atoms with Crippen molar-refractivity contribution < 1.29 is 19.1 Å². The number of nitrogens with zero attached hydrogens (tertiary/aromatic N) is 2. The van der Waals surface area contributed by atoms with Crippen LogP contribution in [0.2, 0.25) is 5.02 Å². The van der Waals surface area contributed by atoms with Crippen LogP contribution >= 0.6 is 11.6 Å². The summed E-state index contributed by atoms with van der Waals surface area (Å²) in [7, 11) is 1.36. The van der Waals surface area contributed by atoms with E-state index in [0.29, 0.717) is 39.8 Å². The van der Waals surface area contributed by atoms with Crippen LogP contribution in [-0.4, -0.2) is 28.8 Å². The maximum atomic E-state index is 13.1. The predicted molar refractivity (Wildman–Crippen MR) is 144 cm³/mol. The standard InChI is InChI=1S/C29H28ClN3O4/c1-18-12-13-25(30)26(14-18)37-17-21-8-7-10-22(15-21)28(34)31-27-19(2)32-33(20(27)3)16-23-9-5-6-11-24(23)29(35)36-4/h5-15H,16-17H2,1-4H3,(H,31,34). The van der Waals surface area contributed by atoms with Gasteiger partial charge in [-0.1, -0.05) is 48.0 Å². The van der Waals surface area contributed by atoms with Gasteiger partial charge in [0.2, 0.25) is 0 Å². The average molecular weight is 518 g/mol. The molecule has 8 heteroatoms. The third kappa shape index (κ3) is 6.01. The summed E-state index contributed by atoms with van der Waals surface area (Å²) in [6.45, 7) is 6.33. The molecule has 190 valence electrons. The summed E-state index contributed by atoms with van der Waals surface area (Å²) < 4.78 is 12.5. The van der Waals surface area contributed by atoms with Crippen molar-refractivity contribution in [3.63, 3.8) is 0 Å². The molecule has 0 aliphatic rings. The van der Waals surface area contributed by atoms with Gasteiger partial charge in [0.05, 0.1) is 41.3 Å². The van der Waals surface area contributed by atoms with Crippen LogP contribution in [0, 0.1) is 20.8 Å². The highest BCUT2D eigenvalue weighted by atomic mass is 35.5. The van der Waals surface area contributed by atoms with Gasteiger partial charge in [-0.3, -0.25) is 9.48 Å². The number of nitrogens with one attached hydrogen (secondary N) is 1. The molecular formula is C29H28ClN3O4. The second kappa shape index (κ2) is 11.3. The summed E-state index contributed by atoms with van der Waals surface area (Å²) in [5, 5.41) is 8.12. The third-order valence-electron chi connectivity index (χ3n) is 6.03. The smallest absolute Gasteiger partial charge is 0.338 e. The first-order valence-electron chi connectivity index (χ1n) is 11.8. The highest BCUT2D eigenvalue weighted by Crippen LogP contribution is 2.27. The summed E-state index contributed by atoms with van der Waals surface area (Å²) >= 11 is 6.23. The van der Waals surface area contributed by atoms with Crippen molar-refractivity contribution in [3.05, 3.63) is 111 Å². The number of benzene rings is 3. The third-order valence-corrected chi connectivity index (χ3v) is 6.35. The minimum atomic E-state index is -0.404. The first kappa shape index (κ1) is 26.0. The number of anilines is 1. The van der Waals surface area contributed by atoms with Crippen molar-refractivity contribution in [3.8, 4) is 5.75 Å². The zero-order valence-corrected chi connectivity index (χ0v) is 21.9. The average Bonchev–Trinajstić information content (AvgIpc) is 3.16. The Balaban J connectivity index is 1.49. The van der Waals surface area contributed by atoms with Crippen molar-refractivity contribution in [2.24, 2.45) is 0 Å². The number of rotatable bonds is 8. The minimum absolute atomic E-state index is 0.254. The van der Waals surface area contributed by atoms with E-state index in [2.05, 4.69) is 10.4 Å². The van der Waals surface area contributed by atoms with Crippen molar-refractivity contribution in [1.29, 1.82) is 0 Å². The number of halogens is 1. The van der Waals surface area contributed by atoms with E-state index in [1.165, 1.54) is 7.11 Å². The monoisotopic (exact) mass is 517 g/mol. The van der Waals surface area contributed by atoms with Gasteiger partial charge in [-0.25, -0.2) is 4.79 Å². The van der Waals surface area contributed by atoms with E-state index in [9.17, 15) is 9.59 Å². The van der Waals surface area contributed by atoms with Gasteiger partial charge in [0.1, 0.15) is 12.4 Å². The van der Waals surface area contributed by atoms with E-state index in [0.717, 1.165) is 22.4 Å². The number of hydrogen-bond donors (Lipinski definition) is 1. The largest absolute Gasteiger partial charge is 0.487 e. The molecule has 0 spiro atoms. The van der Waals surface area contributed by atoms with Crippen molar-refractivity contribution >= 4 is 29.2 Å². The first-order valence-corrected chi connectivity index (χ1v) is 12.1. The lowest BCUT2D eigenvalue weighted by Gasteiger charge is -2.11. The van der Waals surface area contributed by atoms with Gasteiger partial charge in [-0.05, 0) is 67.8 Å². The molecule has 7 nitrogen and oxygen atoms in total. The Morgan fingerprint density at radius 1 is 1.00 bits per heavy atom. The molecule has 0 aliphatic carbocycles. The van der Waals surface area contributed by atoms with E-state index in [1.54, 1.807) is 35.0 Å².